The van der Waals surface area contributed by atoms with Crippen LogP contribution in [-0.4, -0.2) is 29.8 Å². The molecule has 0 N–H and O–H groups in total. The van der Waals surface area contributed by atoms with E-state index < -0.39 is 11.9 Å². The Morgan fingerprint density at radius 3 is 2.86 bits per heavy atom. The van der Waals surface area contributed by atoms with E-state index in [0.29, 0.717) is 26.9 Å². The second kappa shape index (κ2) is 7.65. The highest BCUT2D eigenvalue weighted by molar-refractivity contribution is 7.16. The maximum atomic E-state index is 12.7. The van der Waals surface area contributed by atoms with E-state index in [0.717, 1.165) is 10.2 Å². The fourth-order valence-electron chi connectivity index (χ4n) is 2.80. The monoisotopic (exact) mass is 418 g/mol. The molecule has 9 heteroatoms. The van der Waals surface area contributed by atoms with Crippen LogP contribution in [0.15, 0.2) is 41.4 Å². The third-order valence-electron chi connectivity index (χ3n) is 4.05. The summed E-state index contributed by atoms with van der Waals surface area (Å²) in [6.45, 7) is 2.09. The van der Waals surface area contributed by atoms with Gasteiger partial charge in [-0.15, -0.1) is 0 Å². The summed E-state index contributed by atoms with van der Waals surface area (Å²) in [5.74, 6) is 0.233. The number of aromatic nitrogens is 1. The van der Waals surface area contributed by atoms with Gasteiger partial charge in [-0.1, -0.05) is 22.9 Å². The third kappa shape index (κ3) is 3.61. The second-order valence-corrected chi connectivity index (χ2v) is 7.32. The molecule has 0 saturated carbocycles. The lowest BCUT2D eigenvalue weighted by Crippen LogP contribution is -2.23. The van der Waals surface area contributed by atoms with Crippen LogP contribution in [0.4, 0.5) is 0 Å². The fourth-order valence-corrected chi connectivity index (χ4v) is 4.11. The minimum absolute atomic E-state index is 0.0529. The van der Waals surface area contributed by atoms with E-state index in [1.165, 1.54) is 11.3 Å². The van der Waals surface area contributed by atoms with Crippen LogP contribution in [-0.2, 0) is 16.1 Å². The Morgan fingerprint density at radius 2 is 2.04 bits per heavy atom. The highest BCUT2D eigenvalue weighted by atomic mass is 35.5. The van der Waals surface area contributed by atoms with Gasteiger partial charge >= 0.3 is 5.97 Å². The number of thiazole rings is 1. The van der Waals surface area contributed by atoms with Gasteiger partial charge < -0.3 is 18.8 Å². The molecule has 0 spiro atoms. The molecule has 2 aromatic carbocycles. The van der Waals surface area contributed by atoms with Crippen molar-refractivity contribution >= 4 is 45.0 Å². The van der Waals surface area contributed by atoms with Crippen molar-refractivity contribution in [2.24, 2.45) is 4.99 Å². The number of hydrogen-bond acceptors (Lipinski definition) is 6. The molecule has 0 saturated heterocycles. The molecule has 4 rings (SSSR count). The van der Waals surface area contributed by atoms with E-state index in [4.69, 9.17) is 25.8 Å². The van der Waals surface area contributed by atoms with Crippen LogP contribution in [0.25, 0.3) is 10.2 Å². The first-order valence-electron chi connectivity index (χ1n) is 8.48. The summed E-state index contributed by atoms with van der Waals surface area (Å²) in [4.78, 5) is 29.4. The summed E-state index contributed by atoms with van der Waals surface area (Å²) < 4.78 is 18.1. The second-order valence-electron chi connectivity index (χ2n) is 5.87. The number of benzene rings is 2. The van der Waals surface area contributed by atoms with Gasteiger partial charge in [-0.2, -0.15) is 4.99 Å². The lowest BCUT2D eigenvalue weighted by Gasteiger charge is -2.05. The van der Waals surface area contributed by atoms with Gasteiger partial charge in [-0.3, -0.25) is 9.59 Å². The summed E-state index contributed by atoms with van der Waals surface area (Å²) >= 11 is 7.35. The normalized spacial score (nSPS) is 13.1. The molecule has 0 unspecified atom stereocenters. The Kier molecular flexibility index (Phi) is 5.06. The molecule has 1 aliphatic rings. The van der Waals surface area contributed by atoms with E-state index in [9.17, 15) is 9.59 Å². The molecular weight excluding hydrogens is 404 g/mol. The molecule has 0 fully saturated rings. The minimum Gasteiger partial charge on any atom is -0.465 e. The van der Waals surface area contributed by atoms with Crippen molar-refractivity contribution in [2.45, 2.75) is 13.5 Å². The number of fused-ring (bicyclic) bond motifs is 2. The van der Waals surface area contributed by atoms with Crippen LogP contribution in [0.5, 0.6) is 11.5 Å². The van der Waals surface area contributed by atoms with E-state index in [1.54, 1.807) is 47.9 Å². The largest absolute Gasteiger partial charge is 0.465 e. The van der Waals surface area contributed by atoms with Crippen molar-refractivity contribution in [2.75, 3.05) is 13.4 Å². The molecule has 1 amide bonds. The molecule has 7 nitrogen and oxygen atoms in total. The summed E-state index contributed by atoms with van der Waals surface area (Å²) in [6.07, 6.45) is 0. The Morgan fingerprint density at radius 1 is 1.21 bits per heavy atom. The van der Waals surface area contributed by atoms with Crippen LogP contribution in [0.3, 0.4) is 0 Å². The molecule has 144 valence electrons. The van der Waals surface area contributed by atoms with Gasteiger partial charge in [-0.05, 0) is 43.3 Å². The van der Waals surface area contributed by atoms with Crippen molar-refractivity contribution in [3.8, 4) is 11.5 Å². The summed E-state index contributed by atoms with van der Waals surface area (Å²) in [5.41, 5.74) is 1.11. The maximum absolute atomic E-state index is 12.7. The number of nitrogens with zero attached hydrogens (tertiary/aromatic N) is 2. The number of hydrogen-bond donors (Lipinski definition) is 0. The molecule has 0 aliphatic carbocycles. The van der Waals surface area contributed by atoms with Crippen LogP contribution in [0, 0.1) is 0 Å². The smallest absolute Gasteiger partial charge is 0.326 e. The van der Waals surface area contributed by atoms with Crippen LogP contribution in [0.1, 0.15) is 17.3 Å². The van der Waals surface area contributed by atoms with Crippen molar-refractivity contribution < 1.29 is 23.8 Å². The number of carbonyl (C=O) groups excluding carboxylic acids is 2. The average Bonchev–Trinajstić information content (AvgIpc) is 3.26. The molecule has 0 bridgehead atoms. The third-order valence-corrected chi connectivity index (χ3v) is 5.33. The lowest BCUT2D eigenvalue weighted by molar-refractivity contribution is -0.143. The number of ether oxygens (including phenoxy) is 3. The Hall–Kier alpha value is -2.84. The van der Waals surface area contributed by atoms with Gasteiger partial charge in [0.15, 0.2) is 16.3 Å². The zero-order valence-corrected chi connectivity index (χ0v) is 16.4. The van der Waals surface area contributed by atoms with Gasteiger partial charge in [0.05, 0.1) is 16.8 Å². The standard InChI is InChI=1S/C19H15ClN2O5S/c1-2-25-17(23)9-22-13-5-4-12(20)8-16(13)28-19(22)21-18(24)11-3-6-14-15(7-11)27-10-26-14/h3-8H,2,9-10H2,1H3. The number of carbonyl (C=O) groups is 2. The first kappa shape index (κ1) is 18.5. The molecule has 1 aromatic heterocycles. The van der Waals surface area contributed by atoms with Crippen molar-refractivity contribution in [1.29, 1.82) is 0 Å². The first-order chi connectivity index (χ1) is 13.5. The topological polar surface area (TPSA) is 79.1 Å². The molecule has 1 aliphatic heterocycles. The average molecular weight is 419 g/mol. The van der Waals surface area contributed by atoms with Crippen molar-refractivity contribution in [3.05, 3.63) is 51.8 Å². The first-order valence-corrected chi connectivity index (χ1v) is 9.68. The molecule has 0 radical (unpaired) electrons. The summed E-state index contributed by atoms with van der Waals surface area (Å²) in [6, 6.07) is 10.2. The van der Waals surface area contributed by atoms with Crippen molar-refractivity contribution in [1.82, 2.24) is 4.57 Å². The number of amides is 1. The number of halogens is 1. The van der Waals surface area contributed by atoms with Crippen molar-refractivity contribution in [3.63, 3.8) is 0 Å². The van der Waals surface area contributed by atoms with E-state index in [-0.39, 0.29) is 19.9 Å². The van der Waals surface area contributed by atoms with E-state index in [2.05, 4.69) is 4.99 Å². The highest BCUT2D eigenvalue weighted by Crippen LogP contribution is 2.32. The van der Waals surface area contributed by atoms with Gasteiger partial charge in [0.25, 0.3) is 5.91 Å². The molecule has 2 heterocycles. The van der Waals surface area contributed by atoms with Crippen LogP contribution >= 0.6 is 22.9 Å². The van der Waals surface area contributed by atoms with Gasteiger partial charge in [0.2, 0.25) is 6.79 Å². The quantitative estimate of drug-likeness (QED) is 0.607. The lowest BCUT2D eigenvalue weighted by atomic mass is 10.2. The van der Waals surface area contributed by atoms with Gasteiger partial charge in [0, 0.05) is 10.6 Å². The fraction of sp³-hybridized carbons (Fsp3) is 0.211. The predicted molar refractivity (Wildman–Crippen MR) is 104 cm³/mol. The van der Waals surface area contributed by atoms with Gasteiger partial charge in [-0.25, -0.2) is 0 Å². The molecule has 28 heavy (non-hydrogen) atoms. The zero-order chi connectivity index (χ0) is 19.7. The molecular formula is C19H15ClN2O5S. The zero-order valence-electron chi connectivity index (χ0n) is 14.8. The molecule has 0 atom stereocenters. The minimum atomic E-state index is -0.450. The van der Waals surface area contributed by atoms with Crippen LogP contribution in [0.2, 0.25) is 5.02 Å². The van der Waals surface area contributed by atoms with Crippen LogP contribution < -0.4 is 14.3 Å². The predicted octanol–water partition coefficient (Wildman–Crippen LogP) is 3.39. The number of esters is 1. The van der Waals surface area contributed by atoms with E-state index >= 15 is 0 Å². The number of rotatable bonds is 4. The van der Waals surface area contributed by atoms with Gasteiger partial charge in [0.1, 0.15) is 6.54 Å². The maximum Gasteiger partial charge on any atom is 0.326 e. The van der Waals surface area contributed by atoms with E-state index in [1.807, 2.05) is 0 Å². The Labute approximate surface area is 168 Å². The Bertz CT molecular complexity index is 1150. The molecule has 3 aromatic rings. The summed E-state index contributed by atoms with van der Waals surface area (Å²) in [5, 5.41) is 0.561. The summed E-state index contributed by atoms with van der Waals surface area (Å²) in [7, 11) is 0. The Balaban J connectivity index is 1.77. The highest BCUT2D eigenvalue weighted by Gasteiger charge is 2.17. The SMILES string of the molecule is CCOC(=O)Cn1c(=NC(=O)c2ccc3c(c2)OCO3)sc2cc(Cl)ccc21.